The van der Waals surface area contributed by atoms with Crippen LogP contribution in [-0.4, -0.2) is 55.5 Å². The zero-order chi connectivity index (χ0) is 25.1. The van der Waals surface area contributed by atoms with Gasteiger partial charge in [-0.3, -0.25) is 19.4 Å². The normalized spacial score (nSPS) is 17.4. The first-order chi connectivity index (χ1) is 16.7. The van der Waals surface area contributed by atoms with Crippen molar-refractivity contribution in [1.82, 2.24) is 25.3 Å². The summed E-state index contributed by atoms with van der Waals surface area (Å²) in [6, 6.07) is 8.08. The van der Waals surface area contributed by atoms with E-state index in [1.165, 1.54) is 16.8 Å². The van der Waals surface area contributed by atoms with Gasteiger partial charge in [-0.15, -0.1) is 0 Å². The van der Waals surface area contributed by atoms with Crippen LogP contribution in [0.2, 0.25) is 0 Å². The highest BCUT2D eigenvalue weighted by Crippen LogP contribution is 2.36. The number of hydrogen-bond donors (Lipinski definition) is 4. The minimum atomic E-state index is -0.423. The standard InChI is InChI=1S/C24H28N6O5/c1-13(2)25-24(34)35-16-8-7-14(9-16)18-11-21(28-27-18)26-23(33)20-10-19(29-30(20)3)17-6-4-5-15(12-31)22(17)32/h4-6,10-14,16,32H,7-9H2,1-3H3,(H,25,34)(H2,26,27,28,33)/t14-,16+/m0/s1. The van der Waals surface area contributed by atoms with E-state index in [9.17, 15) is 19.5 Å². The summed E-state index contributed by atoms with van der Waals surface area (Å²) < 4.78 is 6.87. The molecule has 184 valence electrons. The maximum absolute atomic E-state index is 12.9. The number of anilines is 1. The highest BCUT2D eigenvalue weighted by molar-refractivity contribution is 6.03. The molecule has 0 unspecified atom stereocenters. The predicted octanol–water partition coefficient (Wildman–Crippen LogP) is 3.35. The van der Waals surface area contributed by atoms with Crippen LogP contribution in [0.25, 0.3) is 11.3 Å². The zero-order valence-corrected chi connectivity index (χ0v) is 19.7. The van der Waals surface area contributed by atoms with Crippen LogP contribution in [-0.2, 0) is 11.8 Å². The van der Waals surface area contributed by atoms with Crippen molar-refractivity contribution in [2.45, 2.75) is 51.2 Å². The van der Waals surface area contributed by atoms with Crippen molar-refractivity contribution in [3.63, 3.8) is 0 Å². The molecule has 0 saturated heterocycles. The van der Waals surface area contributed by atoms with Crippen LogP contribution in [0.3, 0.4) is 0 Å². The molecular weight excluding hydrogens is 452 g/mol. The third-order valence-corrected chi connectivity index (χ3v) is 5.93. The highest BCUT2D eigenvalue weighted by atomic mass is 16.6. The number of para-hydroxylation sites is 1. The maximum Gasteiger partial charge on any atom is 0.407 e. The third-order valence-electron chi connectivity index (χ3n) is 5.93. The number of aromatic hydroxyl groups is 1. The van der Waals surface area contributed by atoms with Crippen molar-refractivity contribution in [2.24, 2.45) is 7.05 Å². The maximum atomic E-state index is 12.9. The Kier molecular flexibility index (Phi) is 6.85. The molecule has 0 spiro atoms. The van der Waals surface area contributed by atoms with Gasteiger partial charge in [0.05, 0.1) is 11.3 Å². The van der Waals surface area contributed by atoms with Gasteiger partial charge >= 0.3 is 6.09 Å². The molecule has 1 fully saturated rings. The second-order valence-electron chi connectivity index (χ2n) is 8.90. The monoisotopic (exact) mass is 480 g/mol. The second kappa shape index (κ2) is 10.00. The summed E-state index contributed by atoms with van der Waals surface area (Å²) in [5, 5.41) is 27.2. The fraction of sp³-hybridized carbons (Fsp3) is 0.375. The van der Waals surface area contributed by atoms with E-state index in [1.54, 1.807) is 25.2 Å². The third kappa shape index (κ3) is 5.34. The minimum absolute atomic E-state index is 0.0150. The van der Waals surface area contributed by atoms with E-state index in [0.717, 1.165) is 18.5 Å². The first-order valence-electron chi connectivity index (χ1n) is 11.4. The topological polar surface area (TPSA) is 151 Å². The molecule has 2 heterocycles. The molecule has 0 radical (unpaired) electrons. The molecule has 4 rings (SSSR count). The van der Waals surface area contributed by atoms with Gasteiger partial charge in [0.2, 0.25) is 0 Å². The Bertz CT molecular complexity index is 1250. The van der Waals surface area contributed by atoms with E-state index < -0.39 is 12.0 Å². The van der Waals surface area contributed by atoms with Crippen molar-refractivity contribution >= 4 is 24.1 Å². The van der Waals surface area contributed by atoms with E-state index in [0.29, 0.717) is 29.8 Å². The van der Waals surface area contributed by atoms with E-state index >= 15 is 0 Å². The van der Waals surface area contributed by atoms with E-state index in [-0.39, 0.29) is 35.1 Å². The quantitative estimate of drug-likeness (QED) is 0.379. The molecule has 0 bridgehead atoms. The summed E-state index contributed by atoms with van der Waals surface area (Å²) in [6.45, 7) is 3.75. The number of aldehydes is 1. The highest BCUT2D eigenvalue weighted by Gasteiger charge is 2.30. The molecule has 35 heavy (non-hydrogen) atoms. The van der Waals surface area contributed by atoms with Crippen molar-refractivity contribution in [3.8, 4) is 17.0 Å². The number of ether oxygens (including phenoxy) is 1. The van der Waals surface area contributed by atoms with Crippen molar-refractivity contribution in [1.29, 1.82) is 0 Å². The Morgan fingerprint density at radius 1 is 1.29 bits per heavy atom. The van der Waals surface area contributed by atoms with Crippen LogP contribution in [0.4, 0.5) is 10.6 Å². The van der Waals surface area contributed by atoms with Gasteiger partial charge in [-0.05, 0) is 51.3 Å². The molecule has 1 aliphatic rings. The van der Waals surface area contributed by atoms with Crippen LogP contribution < -0.4 is 10.6 Å². The Hall–Kier alpha value is -4.15. The lowest BCUT2D eigenvalue weighted by atomic mass is 10.0. The van der Waals surface area contributed by atoms with Crippen molar-refractivity contribution < 1.29 is 24.2 Å². The number of hydrogen-bond acceptors (Lipinski definition) is 7. The van der Waals surface area contributed by atoms with Gasteiger partial charge in [0.15, 0.2) is 12.1 Å². The molecule has 4 N–H and O–H groups in total. The smallest absolute Gasteiger partial charge is 0.407 e. The SMILES string of the molecule is CC(C)NC(=O)O[C@@H]1CC[C@H](c2cc(NC(=O)c3cc(-c4cccc(C=O)c4O)nn3C)n[nH]2)C1. The number of aromatic amines is 1. The van der Waals surface area contributed by atoms with Crippen LogP contribution in [0.5, 0.6) is 5.75 Å². The number of aromatic nitrogens is 4. The van der Waals surface area contributed by atoms with Gasteiger partial charge in [-0.2, -0.15) is 10.2 Å². The van der Waals surface area contributed by atoms with Crippen LogP contribution >= 0.6 is 0 Å². The summed E-state index contributed by atoms with van der Waals surface area (Å²) >= 11 is 0. The molecule has 11 nitrogen and oxygen atoms in total. The van der Waals surface area contributed by atoms with Gasteiger partial charge in [0, 0.05) is 36.3 Å². The lowest BCUT2D eigenvalue weighted by Crippen LogP contribution is -2.33. The minimum Gasteiger partial charge on any atom is -0.506 e. The molecule has 2 amide bonds. The second-order valence-corrected chi connectivity index (χ2v) is 8.90. The van der Waals surface area contributed by atoms with E-state index in [1.807, 2.05) is 13.8 Å². The molecule has 11 heteroatoms. The summed E-state index contributed by atoms with van der Waals surface area (Å²) in [7, 11) is 1.61. The largest absolute Gasteiger partial charge is 0.506 e. The van der Waals surface area contributed by atoms with Gasteiger partial charge in [-0.25, -0.2) is 4.79 Å². The number of phenolic OH excluding ortho intramolecular Hbond substituents is 1. The average molecular weight is 481 g/mol. The summed E-state index contributed by atoms with van der Waals surface area (Å²) in [4.78, 5) is 35.8. The van der Waals surface area contributed by atoms with Gasteiger partial charge in [0.25, 0.3) is 5.91 Å². The number of phenols is 1. The zero-order valence-electron chi connectivity index (χ0n) is 19.7. The number of nitrogens with one attached hydrogen (secondary N) is 3. The van der Waals surface area contributed by atoms with Gasteiger partial charge < -0.3 is 20.5 Å². The number of aryl methyl sites for hydroxylation is 1. The van der Waals surface area contributed by atoms with Crippen molar-refractivity contribution in [3.05, 3.63) is 47.3 Å². The number of benzene rings is 1. The first-order valence-corrected chi connectivity index (χ1v) is 11.4. The summed E-state index contributed by atoms with van der Waals surface area (Å²) in [5.41, 5.74) is 1.97. The van der Waals surface area contributed by atoms with E-state index in [4.69, 9.17) is 4.74 Å². The number of alkyl carbamates (subject to hydrolysis) is 1. The van der Waals surface area contributed by atoms with E-state index in [2.05, 4.69) is 25.9 Å². The Balaban J connectivity index is 1.40. The van der Waals surface area contributed by atoms with Crippen LogP contribution in [0, 0.1) is 0 Å². The fourth-order valence-corrected chi connectivity index (χ4v) is 4.22. The predicted molar refractivity (Wildman–Crippen MR) is 127 cm³/mol. The van der Waals surface area contributed by atoms with Crippen LogP contribution in [0.15, 0.2) is 30.3 Å². The van der Waals surface area contributed by atoms with Gasteiger partial charge in [0.1, 0.15) is 17.5 Å². The number of H-pyrrole nitrogens is 1. The summed E-state index contributed by atoms with van der Waals surface area (Å²) in [6.07, 6.45) is 2.25. The molecule has 1 aromatic carbocycles. The Morgan fingerprint density at radius 3 is 2.83 bits per heavy atom. The number of carbonyl (C=O) groups is 3. The number of nitrogens with zero attached hydrogens (tertiary/aromatic N) is 3. The number of rotatable bonds is 7. The molecule has 2 aromatic heterocycles. The molecular formula is C24H28N6O5. The molecule has 1 aliphatic carbocycles. The molecule has 2 atom stereocenters. The first kappa shape index (κ1) is 24.0. The molecule has 0 aliphatic heterocycles. The average Bonchev–Trinajstić information content (AvgIpc) is 3.53. The molecule has 1 saturated carbocycles. The van der Waals surface area contributed by atoms with Crippen molar-refractivity contribution in [2.75, 3.05) is 5.32 Å². The Morgan fingerprint density at radius 2 is 2.09 bits per heavy atom. The molecule has 3 aromatic rings. The Labute approximate surface area is 201 Å². The fourth-order valence-electron chi connectivity index (χ4n) is 4.22. The van der Waals surface area contributed by atoms with Gasteiger partial charge in [-0.1, -0.05) is 6.07 Å². The lowest BCUT2D eigenvalue weighted by molar-refractivity contribution is 0.0979. The summed E-state index contributed by atoms with van der Waals surface area (Å²) in [5.74, 6) is -0.111. The lowest BCUT2D eigenvalue weighted by Gasteiger charge is -2.14. The van der Waals surface area contributed by atoms with Crippen LogP contribution in [0.1, 0.15) is 65.6 Å². The number of carbonyl (C=O) groups excluding carboxylic acids is 3. The number of amides is 2.